The lowest BCUT2D eigenvalue weighted by Gasteiger charge is -2.25. The molecule has 1 aliphatic rings. The van der Waals surface area contributed by atoms with Crippen LogP contribution < -0.4 is 4.72 Å². The first-order valence-corrected chi connectivity index (χ1v) is 7.04. The summed E-state index contributed by atoms with van der Waals surface area (Å²) < 4.78 is 26.3. The van der Waals surface area contributed by atoms with Crippen LogP contribution >= 0.6 is 11.6 Å². The predicted molar refractivity (Wildman–Crippen MR) is 59.1 cm³/mol. The molecular weight excluding hydrogens is 222 g/mol. The van der Waals surface area contributed by atoms with Crippen molar-refractivity contribution in [2.24, 2.45) is 0 Å². The van der Waals surface area contributed by atoms with Gasteiger partial charge >= 0.3 is 0 Å². The van der Waals surface area contributed by atoms with Crippen molar-refractivity contribution in [2.45, 2.75) is 50.3 Å². The van der Waals surface area contributed by atoms with Gasteiger partial charge in [0.1, 0.15) is 0 Å². The van der Waals surface area contributed by atoms with E-state index < -0.39 is 15.6 Å². The van der Waals surface area contributed by atoms with Gasteiger partial charge in [-0.1, -0.05) is 12.8 Å². The zero-order valence-electron chi connectivity index (χ0n) is 8.72. The highest BCUT2D eigenvalue weighted by Crippen LogP contribution is 2.25. The molecule has 14 heavy (non-hydrogen) atoms. The summed E-state index contributed by atoms with van der Waals surface area (Å²) in [4.78, 5) is 0. The quantitative estimate of drug-likeness (QED) is 0.762. The fourth-order valence-corrected chi connectivity index (χ4v) is 3.80. The van der Waals surface area contributed by atoms with Crippen LogP contribution in [0.1, 0.15) is 39.5 Å². The van der Waals surface area contributed by atoms with Crippen molar-refractivity contribution in [3.8, 4) is 0 Å². The lowest BCUT2D eigenvalue weighted by atomic mass is 10.1. The van der Waals surface area contributed by atoms with Gasteiger partial charge in [0.2, 0.25) is 10.0 Å². The maximum absolute atomic E-state index is 11.8. The molecule has 1 N–H and O–H groups in total. The first-order valence-electron chi connectivity index (χ1n) is 4.96. The molecule has 0 aromatic heterocycles. The van der Waals surface area contributed by atoms with Gasteiger partial charge < -0.3 is 0 Å². The summed E-state index contributed by atoms with van der Waals surface area (Å²) in [5.41, 5.74) is -0.539. The van der Waals surface area contributed by atoms with E-state index in [-0.39, 0.29) is 5.25 Å². The fraction of sp³-hybridized carbons (Fsp3) is 1.00. The van der Waals surface area contributed by atoms with Crippen LogP contribution in [0.3, 0.4) is 0 Å². The molecule has 0 atom stereocenters. The third-order valence-electron chi connectivity index (χ3n) is 2.49. The van der Waals surface area contributed by atoms with E-state index in [1.54, 1.807) is 13.8 Å². The summed E-state index contributed by atoms with van der Waals surface area (Å²) >= 11 is 5.68. The molecule has 3 nitrogen and oxygen atoms in total. The molecule has 0 bridgehead atoms. The highest BCUT2D eigenvalue weighted by molar-refractivity contribution is 7.90. The molecule has 0 radical (unpaired) electrons. The van der Waals surface area contributed by atoms with Crippen molar-refractivity contribution in [1.29, 1.82) is 0 Å². The van der Waals surface area contributed by atoms with Crippen LogP contribution in [0.2, 0.25) is 0 Å². The van der Waals surface area contributed by atoms with Crippen molar-refractivity contribution in [3.05, 3.63) is 0 Å². The maximum Gasteiger partial charge on any atom is 0.215 e. The van der Waals surface area contributed by atoms with Crippen LogP contribution in [0.25, 0.3) is 0 Å². The van der Waals surface area contributed by atoms with E-state index in [0.717, 1.165) is 25.7 Å². The molecule has 0 unspecified atom stereocenters. The van der Waals surface area contributed by atoms with Crippen molar-refractivity contribution in [2.75, 3.05) is 5.88 Å². The molecule has 5 heteroatoms. The second-order valence-corrected chi connectivity index (χ2v) is 6.80. The van der Waals surface area contributed by atoms with Crippen LogP contribution in [-0.2, 0) is 10.0 Å². The van der Waals surface area contributed by atoms with Gasteiger partial charge in [-0.2, -0.15) is 0 Å². The lowest BCUT2D eigenvalue weighted by Crippen LogP contribution is -2.48. The van der Waals surface area contributed by atoms with Crippen molar-refractivity contribution in [3.63, 3.8) is 0 Å². The minimum Gasteiger partial charge on any atom is -0.212 e. The highest BCUT2D eigenvalue weighted by atomic mass is 35.5. The van der Waals surface area contributed by atoms with E-state index in [1.807, 2.05) is 0 Å². The molecule has 0 aromatic carbocycles. The monoisotopic (exact) mass is 239 g/mol. The Labute approximate surface area is 91.3 Å². The number of rotatable bonds is 4. The second kappa shape index (κ2) is 4.37. The first-order chi connectivity index (χ1) is 6.37. The topological polar surface area (TPSA) is 46.2 Å². The normalized spacial score (nSPS) is 20.2. The summed E-state index contributed by atoms with van der Waals surface area (Å²) in [6.07, 6.45) is 3.61. The van der Waals surface area contributed by atoms with E-state index in [9.17, 15) is 8.42 Å². The van der Waals surface area contributed by atoms with Gasteiger partial charge in [0.15, 0.2) is 0 Å². The van der Waals surface area contributed by atoms with E-state index in [1.165, 1.54) is 0 Å². The highest BCUT2D eigenvalue weighted by Gasteiger charge is 2.32. The molecule has 0 aromatic rings. The molecule has 0 heterocycles. The smallest absolute Gasteiger partial charge is 0.212 e. The summed E-state index contributed by atoms with van der Waals surface area (Å²) in [6.45, 7) is 3.60. The number of nitrogens with one attached hydrogen (secondary N) is 1. The molecule has 84 valence electrons. The number of hydrogen-bond acceptors (Lipinski definition) is 2. The molecule has 1 aliphatic carbocycles. The van der Waals surface area contributed by atoms with Crippen molar-refractivity contribution in [1.82, 2.24) is 4.72 Å². The van der Waals surface area contributed by atoms with E-state index >= 15 is 0 Å². The Balaban J connectivity index is 2.66. The Morgan fingerprint density at radius 1 is 1.36 bits per heavy atom. The zero-order chi connectivity index (χ0) is 10.8. The number of sulfonamides is 1. The maximum atomic E-state index is 11.8. The summed E-state index contributed by atoms with van der Waals surface area (Å²) in [6, 6.07) is 0. The summed E-state index contributed by atoms with van der Waals surface area (Å²) in [5, 5.41) is -0.204. The molecule has 1 fully saturated rings. The van der Waals surface area contributed by atoms with Crippen LogP contribution in [0.15, 0.2) is 0 Å². The average molecular weight is 240 g/mol. The van der Waals surface area contributed by atoms with Crippen LogP contribution in [0.5, 0.6) is 0 Å². The Morgan fingerprint density at radius 2 is 1.86 bits per heavy atom. The van der Waals surface area contributed by atoms with Gasteiger partial charge in [-0.15, -0.1) is 11.6 Å². The Hall–Kier alpha value is 0.200. The van der Waals surface area contributed by atoms with Gasteiger partial charge in [0, 0.05) is 11.4 Å². The van der Waals surface area contributed by atoms with Crippen LogP contribution in [0.4, 0.5) is 0 Å². The van der Waals surface area contributed by atoms with E-state index in [0.29, 0.717) is 5.88 Å². The minimum atomic E-state index is -3.16. The molecule has 0 spiro atoms. The second-order valence-electron chi connectivity index (χ2n) is 4.57. The number of alkyl halides is 1. The van der Waals surface area contributed by atoms with Crippen molar-refractivity contribution < 1.29 is 8.42 Å². The zero-order valence-corrected chi connectivity index (χ0v) is 10.3. The molecule has 0 saturated heterocycles. The van der Waals surface area contributed by atoms with Gasteiger partial charge in [0.25, 0.3) is 0 Å². The van der Waals surface area contributed by atoms with E-state index in [2.05, 4.69) is 4.72 Å². The third-order valence-corrected chi connectivity index (χ3v) is 5.35. The SMILES string of the molecule is CC(C)(CCl)NS(=O)(=O)C1CCCC1. The molecular formula is C9H18ClNO2S. The Bertz CT molecular complexity index is 281. The van der Waals surface area contributed by atoms with E-state index in [4.69, 9.17) is 11.6 Å². The number of halogens is 1. The van der Waals surface area contributed by atoms with Gasteiger partial charge in [-0.3, -0.25) is 0 Å². The fourth-order valence-electron chi connectivity index (χ4n) is 1.69. The largest absolute Gasteiger partial charge is 0.215 e. The van der Waals surface area contributed by atoms with Gasteiger partial charge in [0.05, 0.1) is 5.25 Å². The summed E-state index contributed by atoms with van der Waals surface area (Å²) in [7, 11) is -3.16. The summed E-state index contributed by atoms with van der Waals surface area (Å²) in [5.74, 6) is 0.291. The average Bonchev–Trinajstić information content (AvgIpc) is 2.54. The standard InChI is InChI=1S/C9H18ClNO2S/c1-9(2,7-10)11-14(12,13)8-5-3-4-6-8/h8,11H,3-7H2,1-2H3. The predicted octanol–water partition coefficient (Wildman–Crippen LogP) is 1.87. The number of hydrogen-bond donors (Lipinski definition) is 1. The third kappa shape index (κ3) is 3.11. The molecule has 0 amide bonds. The Morgan fingerprint density at radius 3 is 2.29 bits per heavy atom. The van der Waals surface area contributed by atoms with Gasteiger partial charge in [-0.05, 0) is 26.7 Å². The minimum absolute atomic E-state index is 0.204. The van der Waals surface area contributed by atoms with Gasteiger partial charge in [-0.25, -0.2) is 13.1 Å². The Kier molecular flexibility index (Phi) is 3.83. The van der Waals surface area contributed by atoms with Crippen molar-refractivity contribution >= 4 is 21.6 Å². The molecule has 0 aliphatic heterocycles. The lowest BCUT2D eigenvalue weighted by molar-refractivity contribution is 0.487. The van der Waals surface area contributed by atoms with Crippen LogP contribution in [-0.4, -0.2) is 25.1 Å². The first kappa shape index (κ1) is 12.3. The van der Waals surface area contributed by atoms with Crippen LogP contribution in [0, 0.1) is 0 Å². The molecule has 1 rings (SSSR count). The molecule has 1 saturated carbocycles.